The summed E-state index contributed by atoms with van der Waals surface area (Å²) >= 11 is 0. The van der Waals surface area contributed by atoms with Gasteiger partial charge in [0.05, 0.1) is 0 Å². The van der Waals surface area contributed by atoms with Gasteiger partial charge in [-0.1, -0.05) is 24.3 Å². The summed E-state index contributed by atoms with van der Waals surface area (Å²) in [6.07, 6.45) is 0. The fraction of sp³-hybridized carbons (Fsp3) is 0.0714. The molecule has 4 heteroatoms. The SMILES string of the molecule is Nc1ccc(-c2ccc(OCC(=O)O)cc2)cc1. The van der Waals surface area contributed by atoms with Crippen molar-refractivity contribution < 1.29 is 14.6 Å². The van der Waals surface area contributed by atoms with Crippen molar-refractivity contribution in [2.75, 3.05) is 12.3 Å². The van der Waals surface area contributed by atoms with Gasteiger partial charge in [0, 0.05) is 5.69 Å². The Morgan fingerprint density at radius 1 is 1.00 bits per heavy atom. The molecule has 0 saturated carbocycles. The van der Waals surface area contributed by atoms with E-state index in [-0.39, 0.29) is 6.61 Å². The van der Waals surface area contributed by atoms with Gasteiger partial charge in [-0.25, -0.2) is 4.79 Å². The lowest BCUT2D eigenvalue weighted by Crippen LogP contribution is -2.09. The molecule has 0 bridgehead atoms. The summed E-state index contributed by atoms with van der Waals surface area (Å²) in [5.74, 6) is -0.450. The third-order valence-electron chi connectivity index (χ3n) is 2.46. The number of carboxylic acid groups (broad SMARTS) is 1. The third kappa shape index (κ3) is 3.01. The molecule has 0 unspecified atom stereocenters. The number of nitrogen functional groups attached to an aromatic ring is 1. The van der Waals surface area contributed by atoms with Gasteiger partial charge in [0.1, 0.15) is 5.75 Å². The minimum Gasteiger partial charge on any atom is -0.482 e. The monoisotopic (exact) mass is 243 g/mol. The molecule has 92 valence electrons. The average Bonchev–Trinajstić information content (AvgIpc) is 2.38. The third-order valence-corrected chi connectivity index (χ3v) is 2.46. The van der Waals surface area contributed by atoms with Gasteiger partial charge in [-0.05, 0) is 35.4 Å². The molecule has 0 radical (unpaired) electrons. The van der Waals surface area contributed by atoms with Crippen LogP contribution in [0.15, 0.2) is 48.5 Å². The maximum Gasteiger partial charge on any atom is 0.341 e. The van der Waals surface area contributed by atoms with E-state index in [0.717, 1.165) is 16.8 Å². The minimum atomic E-state index is -0.988. The van der Waals surface area contributed by atoms with E-state index >= 15 is 0 Å². The van der Waals surface area contributed by atoms with Crippen LogP contribution in [0.5, 0.6) is 5.75 Å². The number of hydrogen-bond acceptors (Lipinski definition) is 3. The molecule has 0 aliphatic rings. The number of carbonyl (C=O) groups is 1. The largest absolute Gasteiger partial charge is 0.482 e. The summed E-state index contributed by atoms with van der Waals surface area (Å²) in [7, 11) is 0. The number of aliphatic carboxylic acids is 1. The van der Waals surface area contributed by atoms with Crippen molar-refractivity contribution in [1.82, 2.24) is 0 Å². The first kappa shape index (κ1) is 12.0. The van der Waals surface area contributed by atoms with Crippen LogP contribution in [-0.2, 0) is 4.79 Å². The molecular weight excluding hydrogens is 230 g/mol. The Balaban J connectivity index is 2.12. The van der Waals surface area contributed by atoms with Crippen molar-refractivity contribution in [2.45, 2.75) is 0 Å². The number of nitrogens with two attached hydrogens (primary N) is 1. The number of anilines is 1. The lowest BCUT2D eigenvalue weighted by Gasteiger charge is -2.05. The molecule has 0 fully saturated rings. The molecule has 2 aromatic rings. The Morgan fingerprint density at radius 3 is 2.00 bits per heavy atom. The Morgan fingerprint density at radius 2 is 1.50 bits per heavy atom. The molecule has 4 nitrogen and oxygen atoms in total. The zero-order valence-electron chi connectivity index (χ0n) is 9.67. The standard InChI is InChI=1S/C14H13NO3/c15-12-5-1-10(2-6-12)11-3-7-13(8-4-11)18-9-14(16)17/h1-8H,9,15H2,(H,16,17). The van der Waals surface area contributed by atoms with Gasteiger partial charge in [-0.15, -0.1) is 0 Å². The van der Waals surface area contributed by atoms with Crippen LogP contribution in [0.25, 0.3) is 11.1 Å². The lowest BCUT2D eigenvalue weighted by molar-refractivity contribution is -0.139. The Bertz CT molecular complexity index is 532. The Hall–Kier alpha value is -2.49. The molecule has 0 atom stereocenters. The second kappa shape index (κ2) is 5.23. The molecule has 18 heavy (non-hydrogen) atoms. The zero-order chi connectivity index (χ0) is 13.0. The van der Waals surface area contributed by atoms with Crippen LogP contribution in [0.2, 0.25) is 0 Å². The van der Waals surface area contributed by atoms with Gasteiger partial charge in [-0.2, -0.15) is 0 Å². The maximum absolute atomic E-state index is 10.4. The first-order valence-corrected chi connectivity index (χ1v) is 5.46. The van der Waals surface area contributed by atoms with E-state index in [1.807, 2.05) is 36.4 Å². The van der Waals surface area contributed by atoms with Gasteiger partial charge in [-0.3, -0.25) is 0 Å². The van der Waals surface area contributed by atoms with E-state index in [0.29, 0.717) is 5.75 Å². The highest BCUT2D eigenvalue weighted by atomic mass is 16.5. The van der Waals surface area contributed by atoms with E-state index in [1.165, 1.54) is 0 Å². The maximum atomic E-state index is 10.4. The summed E-state index contributed by atoms with van der Waals surface area (Å²) in [4.78, 5) is 10.4. The van der Waals surface area contributed by atoms with Crippen LogP contribution in [0.4, 0.5) is 5.69 Å². The Kier molecular flexibility index (Phi) is 3.48. The number of ether oxygens (including phenoxy) is 1. The molecular formula is C14H13NO3. The summed E-state index contributed by atoms with van der Waals surface area (Å²) in [6, 6.07) is 14.8. The van der Waals surface area contributed by atoms with E-state index in [2.05, 4.69) is 0 Å². The summed E-state index contributed by atoms with van der Waals surface area (Å²) in [5.41, 5.74) is 8.42. The van der Waals surface area contributed by atoms with Gasteiger partial charge in [0.25, 0.3) is 0 Å². The van der Waals surface area contributed by atoms with Crippen LogP contribution in [0.3, 0.4) is 0 Å². The second-order valence-electron chi connectivity index (χ2n) is 3.83. The van der Waals surface area contributed by atoms with Crippen molar-refractivity contribution in [3.63, 3.8) is 0 Å². The summed E-state index contributed by atoms with van der Waals surface area (Å²) < 4.78 is 5.06. The molecule has 0 aromatic heterocycles. The Labute approximate surface area is 105 Å². The van der Waals surface area contributed by atoms with E-state index in [1.54, 1.807) is 12.1 Å². The second-order valence-corrected chi connectivity index (χ2v) is 3.83. The predicted octanol–water partition coefficient (Wildman–Crippen LogP) is 2.40. The summed E-state index contributed by atoms with van der Waals surface area (Å²) in [6.45, 7) is -0.332. The van der Waals surface area contributed by atoms with Crippen LogP contribution in [-0.4, -0.2) is 17.7 Å². The molecule has 2 rings (SSSR count). The van der Waals surface area contributed by atoms with Crippen LogP contribution in [0.1, 0.15) is 0 Å². The molecule has 3 N–H and O–H groups in total. The smallest absolute Gasteiger partial charge is 0.341 e. The van der Waals surface area contributed by atoms with Crippen LogP contribution >= 0.6 is 0 Å². The highest BCUT2D eigenvalue weighted by molar-refractivity contribution is 5.69. The summed E-state index contributed by atoms with van der Waals surface area (Å²) in [5, 5.41) is 8.50. The first-order chi connectivity index (χ1) is 8.65. The number of rotatable bonds is 4. The number of benzene rings is 2. The molecule has 0 spiro atoms. The average molecular weight is 243 g/mol. The molecule has 2 aromatic carbocycles. The highest BCUT2D eigenvalue weighted by Gasteiger charge is 2.01. The lowest BCUT2D eigenvalue weighted by atomic mass is 10.1. The van der Waals surface area contributed by atoms with Gasteiger partial charge < -0.3 is 15.6 Å². The molecule has 0 aliphatic heterocycles. The van der Waals surface area contributed by atoms with Crippen LogP contribution < -0.4 is 10.5 Å². The quantitative estimate of drug-likeness (QED) is 0.809. The topological polar surface area (TPSA) is 72.5 Å². The van der Waals surface area contributed by atoms with Crippen LogP contribution in [0, 0.1) is 0 Å². The van der Waals surface area contributed by atoms with Crippen molar-refractivity contribution in [2.24, 2.45) is 0 Å². The zero-order valence-corrected chi connectivity index (χ0v) is 9.67. The number of carboxylic acids is 1. The van der Waals surface area contributed by atoms with E-state index < -0.39 is 5.97 Å². The fourth-order valence-electron chi connectivity index (χ4n) is 1.56. The molecule has 0 saturated heterocycles. The van der Waals surface area contributed by atoms with Crippen molar-refractivity contribution >= 4 is 11.7 Å². The molecule has 0 heterocycles. The normalized spacial score (nSPS) is 10.0. The van der Waals surface area contributed by atoms with Crippen molar-refractivity contribution in [3.05, 3.63) is 48.5 Å². The predicted molar refractivity (Wildman–Crippen MR) is 69.4 cm³/mol. The van der Waals surface area contributed by atoms with E-state index in [9.17, 15) is 4.79 Å². The van der Waals surface area contributed by atoms with Crippen molar-refractivity contribution in [3.8, 4) is 16.9 Å². The van der Waals surface area contributed by atoms with Crippen molar-refractivity contribution in [1.29, 1.82) is 0 Å². The van der Waals surface area contributed by atoms with Gasteiger partial charge in [0.15, 0.2) is 6.61 Å². The highest BCUT2D eigenvalue weighted by Crippen LogP contribution is 2.23. The fourth-order valence-corrected chi connectivity index (χ4v) is 1.56. The minimum absolute atomic E-state index is 0.332. The first-order valence-electron chi connectivity index (χ1n) is 5.46. The van der Waals surface area contributed by atoms with Gasteiger partial charge >= 0.3 is 5.97 Å². The van der Waals surface area contributed by atoms with E-state index in [4.69, 9.17) is 15.6 Å². The molecule has 0 aliphatic carbocycles. The molecule has 0 amide bonds. The van der Waals surface area contributed by atoms with Gasteiger partial charge in [0.2, 0.25) is 0 Å². The number of hydrogen-bond donors (Lipinski definition) is 2.